The summed E-state index contributed by atoms with van der Waals surface area (Å²) in [5, 5.41) is 71.4. The number of phenolic OH excluding ortho intramolecular Hbond substituents is 5. The Bertz CT molecular complexity index is 1900. The van der Waals surface area contributed by atoms with E-state index >= 15 is 0 Å². The first-order valence-corrected chi connectivity index (χ1v) is 14.9. The van der Waals surface area contributed by atoms with Crippen molar-refractivity contribution in [1.82, 2.24) is 0 Å². The normalized spacial score (nSPS) is 9.09. The largest absolute Gasteiger partial charge is 1.00 e. The molecule has 5 aromatic carbocycles. The molecule has 0 aliphatic rings. The second kappa shape index (κ2) is 27.0. The molecule has 0 amide bonds. The van der Waals surface area contributed by atoms with E-state index in [4.69, 9.17) is 36.6 Å². The van der Waals surface area contributed by atoms with E-state index in [1.807, 2.05) is 47.6 Å². The second-order valence-electron chi connectivity index (χ2n) is 11.1. The van der Waals surface area contributed by atoms with Gasteiger partial charge in [-0.05, 0) is 155 Å². The Balaban J connectivity index is -0.000000635. The number of hydrogen-bond donors (Lipinski definition) is 6. The predicted octanol–water partition coefficient (Wildman–Crippen LogP) is 4.00. The van der Waals surface area contributed by atoms with E-state index in [0.717, 1.165) is 50.0 Å². The molecule has 0 heterocycles. The van der Waals surface area contributed by atoms with Crippen molar-refractivity contribution in [3.63, 3.8) is 0 Å². The van der Waals surface area contributed by atoms with E-state index in [0.29, 0.717) is 22.8 Å². The van der Waals surface area contributed by atoms with Gasteiger partial charge in [-0.2, -0.15) is 5.11 Å². The van der Waals surface area contributed by atoms with E-state index in [-0.39, 0.29) is 87.6 Å². The number of aromatic hydroxyl groups is 5. The SMILES string of the molecule is Cc1cc(C)cc(O)c1.Cc1cc(O)ccc1N.Cc1cc(O)ccc1N=Nc1c(C)cc(O)cc1C.Cc1cc(O)ccc1[N+]#N.O=N[O-].[Na+].[Na+].[OH-]. The quantitative estimate of drug-likeness (QED) is 0.0288. The van der Waals surface area contributed by atoms with Gasteiger partial charge in [0.1, 0.15) is 28.7 Å². The third kappa shape index (κ3) is 20.2. The Kier molecular flexibility index (Phi) is 26.8. The zero-order chi connectivity index (χ0) is 38.0. The van der Waals surface area contributed by atoms with Gasteiger partial charge in [-0.25, -0.2) is 0 Å². The fourth-order valence-electron chi connectivity index (χ4n) is 4.31. The Morgan fingerprint density at radius 1 is 0.566 bits per heavy atom. The summed E-state index contributed by atoms with van der Waals surface area (Å²) in [7, 11) is 0. The van der Waals surface area contributed by atoms with Gasteiger partial charge in [-0.1, -0.05) is 6.07 Å². The van der Waals surface area contributed by atoms with Crippen molar-refractivity contribution < 1.29 is 90.1 Å². The van der Waals surface area contributed by atoms with Gasteiger partial charge in [0.2, 0.25) is 5.39 Å². The van der Waals surface area contributed by atoms with Crippen LogP contribution in [0.15, 0.2) is 100 Å². The number of phenols is 5. The summed E-state index contributed by atoms with van der Waals surface area (Å²) in [6.45, 7) is 13.2. The van der Waals surface area contributed by atoms with Crippen LogP contribution in [0.2, 0.25) is 0 Å². The zero-order valence-electron chi connectivity index (χ0n) is 31.4. The van der Waals surface area contributed by atoms with Crippen LogP contribution in [0.4, 0.5) is 22.7 Å². The van der Waals surface area contributed by atoms with Gasteiger partial charge in [0.15, 0.2) is 4.98 Å². The van der Waals surface area contributed by atoms with Gasteiger partial charge in [0.05, 0.1) is 11.4 Å². The number of rotatable bonds is 2. The van der Waals surface area contributed by atoms with Crippen LogP contribution in [0.25, 0.3) is 4.98 Å². The molecule has 0 atom stereocenters. The Morgan fingerprint density at radius 2 is 0.962 bits per heavy atom. The molecule has 14 nitrogen and oxygen atoms in total. The van der Waals surface area contributed by atoms with Crippen LogP contribution in [-0.4, -0.2) is 31.0 Å². The third-order valence-corrected chi connectivity index (χ3v) is 6.66. The van der Waals surface area contributed by atoms with Crippen molar-refractivity contribution >= 4 is 22.7 Å². The molecule has 0 bridgehead atoms. The second-order valence-corrected chi connectivity index (χ2v) is 11.1. The minimum Gasteiger partial charge on any atom is -0.870 e. The molecule has 0 saturated heterocycles. The fourth-order valence-corrected chi connectivity index (χ4v) is 4.31. The molecule has 8 N–H and O–H groups in total. The van der Waals surface area contributed by atoms with Gasteiger partial charge >= 0.3 is 64.8 Å². The first kappa shape index (κ1) is 52.6. The van der Waals surface area contributed by atoms with Crippen LogP contribution in [0, 0.1) is 64.0 Å². The summed E-state index contributed by atoms with van der Waals surface area (Å²) >= 11 is 0. The number of nitrogens with two attached hydrogens (primary N) is 1. The van der Waals surface area contributed by atoms with Gasteiger partial charge in [0, 0.05) is 17.3 Å². The van der Waals surface area contributed by atoms with E-state index in [1.54, 1.807) is 73.7 Å². The van der Waals surface area contributed by atoms with E-state index < -0.39 is 0 Å². The summed E-state index contributed by atoms with van der Waals surface area (Å²) in [6, 6.07) is 23.2. The van der Waals surface area contributed by atoms with Crippen molar-refractivity contribution in [3.8, 4) is 28.7 Å². The summed E-state index contributed by atoms with van der Waals surface area (Å²) in [5.74, 6) is 1.25. The summed E-state index contributed by atoms with van der Waals surface area (Å²) in [5.41, 5.74) is 14.6. The monoisotopic (exact) mass is 745 g/mol. The first-order chi connectivity index (χ1) is 23.5. The van der Waals surface area contributed by atoms with Crippen LogP contribution < -0.4 is 64.8 Å². The van der Waals surface area contributed by atoms with Crippen LogP contribution in [-0.2, 0) is 0 Å². The number of benzene rings is 5. The molecule has 0 aliphatic heterocycles. The number of nitrogen functional groups attached to an aromatic ring is 1. The minimum absolute atomic E-state index is 0. The molecular formula is C37H43N6Na2O8+. The van der Waals surface area contributed by atoms with Gasteiger partial charge in [0.25, 0.3) is 0 Å². The third-order valence-electron chi connectivity index (χ3n) is 6.66. The van der Waals surface area contributed by atoms with Crippen LogP contribution in [0.3, 0.4) is 0 Å². The molecule has 0 aliphatic carbocycles. The molecule has 270 valence electrons. The van der Waals surface area contributed by atoms with Crippen LogP contribution >= 0.6 is 0 Å². The van der Waals surface area contributed by atoms with Gasteiger partial charge < -0.3 is 46.9 Å². The number of azo groups is 1. The first-order valence-electron chi connectivity index (χ1n) is 14.9. The molecule has 0 fully saturated rings. The molecule has 16 heteroatoms. The average Bonchev–Trinajstić information content (AvgIpc) is 3.00. The van der Waals surface area contributed by atoms with Gasteiger partial charge in [-0.3, -0.25) is 0 Å². The number of nitrogens with zero attached hydrogens (tertiary/aromatic N) is 5. The van der Waals surface area contributed by atoms with Crippen molar-refractivity contribution in [2.75, 3.05) is 5.73 Å². The van der Waals surface area contributed by atoms with Crippen molar-refractivity contribution in [2.45, 2.75) is 48.5 Å². The van der Waals surface area contributed by atoms with Crippen LogP contribution in [0.1, 0.15) is 38.9 Å². The topological polar surface area (TPSA) is 263 Å². The molecule has 0 aromatic heterocycles. The summed E-state index contributed by atoms with van der Waals surface area (Å²) in [4.78, 5) is 11.0. The van der Waals surface area contributed by atoms with E-state index in [1.165, 1.54) is 12.1 Å². The van der Waals surface area contributed by atoms with E-state index in [9.17, 15) is 10.2 Å². The molecule has 5 rings (SSSR count). The van der Waals surface area contributed by atoms with Crippen molar-refractivity contribution in [2.24, 2.45) is 15.6 Å². The molecule has 53 heavy (non-hydrogen) atoms. The molecule has 0 saturated carbocycles. The summed E-state index contributed by atoms with van der Waals surface area (Å²) < 4.78 is 0. The molecule has 0 radical (unpaired) electrons. The Labute approximate surface area is 353 Å². The van der Waals surface area contributed by atoms with Crippen molar-refractivity contribution in [1.29, 1.82) is 5.39 Å². The molecule has 0 unspecified atom stereocenters. The average molecular weight is 746 g/mol. The predicted molar refractivity (Wildman–Crippen MR) is 198 cm³/mol. The van der Waals surface area contributed by atoms with Gasteiger partial charge in [-0.15, -0.1) is 10.5 Å². The maximum atomic E-state index is 9.48. The van der Waals surface area contributed by atoms with Crippen LogP contribution in [0.5, 0.6) is 28.7 Å². The molecule has 5 aromatic rings. The number of aryl methyl sites for hydroxylation is 7. The number of anilines is 1. The minimum atomic E-state index is 0. The fraction of sp³-hybridized carbons (Fsp3) is 0.189. The Morgan fingerprint density at radius 3 is 1.36 bits per heavy atom. The van der Waals surface area contributed by atoms with Crippen molar-refractivity contribution in [3.05, 3.63) is 139 Å². The number of diazo groups is 1. The molecule has 0 spiro atoms. The molecular weight excluding hydrogens is 702 g/mol. The summed E-state index contributed by atoms with van der Waals surface area (Å²) in [6.07, 6.45) is 0. The zero-order valence-corrected chi connectivity index (χ0v) is 35.4. The smallest absolute Gasteiger partial charge is 0.870 e. The Hall–Kier alpha value is -4.72. The maximum absolute atomic E-state index is 9.48. The standard InChI is InChI=1S/C15H16N2O2.C8H10O.C7H6N2O.C7H9NO.HNO2.2Na.H2O/c1-9-6-12(18)4-5-14(9)16-17-15-10(2)7-13(19)8-11(15)3;1-6-3-7(2)5-8(9)4-6;1-5-4-6(10)2-3-7(5)9-8;1-5-4-6(9)2-3-7(5)8;2-1-3;;;/h4-8,18-19H,1-3H3;3-5,9H,1-2H3;2-4H,1H3;2-4,9H,8H2,1H3;(H,2,3);;;1H2/q;;;;;2*+1;/p-1. The maximum Gasteiger partial charge on any atom is 1.00 e. The van der Waals surface area contributed by atoms with E-state index in [2.05, 4.69) is 15.2 Å². The number of hydrogen-bond acceptors (Lipinski definition) is 13.